The zero-order valence-corrected chi connectivity index (χ0v) is 16.9. The minimum Gasteiger partial charge on any atom is -0.486 e. The average Bonchev–Trinajstić information content (AvgIpc) is 2.74. The lowest BCUT2D eigenvalue weighted by Crippen LogP contribution is -2.35. The van der Waals surface area contributed by atoms with Crippen molar-refractivity contribution in [2.75, 3.05) is 19.8 Å². The first-order chi connectivity index (χ1) is 14.0. The number of nitrogens with one attached hydrogen (secondary N) is 1. The number of amides is 1. The second-order valence-electron chi connectivity index (χ2n) is 7.34. The number of aryl methyl sites for hydroxylation is 1. The fraction of sp³-hybridized carbons (Fsp3) is 0.391. The number of carbonyl (C=O) groups is 2. The lowest BCUT2D eigenvalue weighted by molar-refractivity contribution is -0.148. The van der Waals surface area contributed by atoms with E-state index in [-0.39, 0.29) is 36.9 Å². The molecule has 0 aromatic heterocycles. The molecule has 6 nitrogen and oxygen atoms in total. The highest BCUT2D eigenvalue weighted by Crippen LogP contribution is 2.34. The van der Waals surface area contributed by atoms with Gasteiger partial charge in [-0.05, 0) is 35.6 Å². The van der Waals surface area contributed by atoms with Gasteiger partial charge in [0.25, 0.3) is 5.91 Å². The highest BCUT2D eigenvalue weighted by Gasteiger charge is 2.22. The molecule has 1 atom stereocenters. The molecule has 0 aliphatic carbocycles. The Morgan fingerprint density at radius 2 is 1.76 bits per heavy atom. The molecule has 1 aliphatic rings. The van der Waals surface area contributed by atoms with Gasteiger partial charge >= 0.3 is 5.97 Å². The molecule has 154 valence electrons. The van der Waals surface area contributed by atoms with Crippen molar-refractivity contribution in [3.63, 3.8) is 0 Å². The summed E-state index contributed by atoms with van der Waals surface area (Å²) in [7, 11) is 0. The highest BCUT2D eigenvalue weighted by molar-refractivity contribution is 5.81. The zero-order valence-electron chi connectivity index (χ0n) is 16.9. The summed E-state index contributed by atoms with van der Waals surface area (Å²) in [5.74, 6) is 0.827. The van der Waals surface area contributed by atoms with Crippen LogP contribution in [0.2, 0.25) is 0 Å². The molecule has 1 aliphatic heterocycles. The molecule has 29 heavy (non-hydrogen) atoms. The van der Waals surface area contributed by atoms with E-state index in [9.17, 15) is 9.59 Å². The van der Waals surface area contributed by atoms with Crippen LogP contribution in [-0.2, 0) is 20.7 Å². The summed E-state index contributed by atoms with van der Waals surface area (Å²) in [4.78, 5) is 24.3. The lowest BCUT2D eigenvalue weighted by atomic mass is 9.95. The van der Waals surface area contributed by atoms with Gasteiger partial charge in [-0.3, -0.25) is 9.59 Å². The second-order valence-corrected chi connectivity index (χ2v) is 7.34. The van der Waals surface area contributed by atoms with Crippen LogP contribution in [0, 0.1) is 5.92 Å². The van der Waals surface area contributed by atoms with E-state index in [0.717, 1.165) is 11.1 Å². The van der Waals surface area contributed by atoms with Crippen molar-refractivity contribution >= 4 is 11.9 Å². The average molecular weight is 397 g/mol. The maximum Gasteiger partial charge on any atom is 0.306 e. The summed E-state index contributed by atoms with van der Waals surface area (Å²) in [6, 6.07) is 15.2. The second kappa shape index (κ2) is 9.96. The zero-order chi connectivity index (χ0) is 20.6. The van der Waals surface area contributed by atoms with E-state index in [4.69, 9.17) is 14.2 Å². The topological polar surface area (TPSA) is 73.9 Å². The number of rotatable bonds is 8. The summed E-state index contributed by atoms with van der Waals surface area (Å²) in [5, 5.41) is 2.96. The van der Waals surface area contributed by atoms with E-state index in [1.54, 1.807) is 0 Å². The molecule has 2 aromatic rings. The third-order valence-corrected chi connectivity index (χ3v) is 4.73. The van der Waals surface area contributed by atoms with Gasteiger partial charge in [0.05, 0.1) is 6.04 Å². The molecule has 0 radical (unpaired) electrons. The Balaban J connectivity index is 1.51. The molecular weight excluding hydrogens is 370 g/mol. The first kappa shape index (κ1) is 20.7. The number of hydrogen-bond donors (Lipinski definition) is 1. The maximum atomic E-state index is 12.4. The smallest absolute Gasteiger partial charge is 0.306 e. The predicted molar refractivity (Wildman–Crippen MR) is 109 cm³/mol. The van der Waals surface area contributed by atoms with Crippen LogP contribution < -0.4 is 14.8 Å². The molecular formula is C23H27NO5. The van der Waals surface area contributed by atoms with E-state index in [1.165, 1.54) is 0 Å². The molecule has 1 amide bonds. The maximum absolute atomic E-state index is 12.4. The van der Waals surface area contributed by atoms with Gasteiger partial charge in [0.2, 0.25) is 0 Å². The molecule has 2 aromatic carbocycles. The predicted octanol–water partition coefficient (Wildman–Crippen LogP) is 3.45. The SMILES string of the molecule is CC(C)[C@@H](NC(=O)COC(=O)CCc1ccccc1)c1ccc2c(c1)OCCO2. The molecule has 0 spiro atoms. The minimum absolute atomic E-state index is 0.148. The molecule has 0 unspecified atom stereocenters. The first-order valence-electron chi connectivity index (χ1n) is 9.91. The number of ether oxygens (including phenoxy) is 3. The molecule has 0 saturated heterocycles. The molecule has 6 heteroatoms. The van der Waals surface area contributed by atoms with Crippen LogP contribution in [-0.4, -0.2) is 31.7 Å². The van der Waals surface area contributed by atoms with Crippen LogP contribution in [0.1, 0.15) is 37.4 Å². The van der Waals surface area contributed by atoms with Crippen LogP contribution in [0.3, 0.4) is 0 Å². The van der Waals surface area contributed by atoms with Gasteiger partial charge in [0, 0.05) is 6.42 Å². The van der Waals surface area contributed by atoms with Crippen molar-refractivity contribution in [2.24, 2.45) is 5.92 Å². The fourth-order valence-electron chi connectivity index (χ4n) is 3.21. The van der Waals surface area contributed by atoms with Crippen LogP contribution in [0.4, 0.5) is 0 Å². The minimum atomic E-state index is -0.385. The van der Waals surface area contributed by atoms with Crippen LogP contribution in [0.15, 0.2) is 48.5 Å². The van der Waals surface area contributed by atoms with Crippen molar-refractivity contribution in [1.29, 1.82) is 0 Å². The van der Waals surface area contributed by atoms with Crippen molar-refractivity contribution in [1.82, 2.24) is 5.32 Å². The summed E-state index contributed by atoms with van der Waals surface area (Å²) in [6.07, 6.45) is 0.834. The summed E-state index contributed by atoms with van der Waals surface area (Å²) in [5.41, 5.74) is 1.99. The molecule has 3 rings (SSSR count). The highest BCUT2D eigenvalue weighted by atomic mass is 16.6. The third kappa shape index (κ3) is 5.98. The van der Waals surface area contributed by atoms with Crippen LogP contribution in [0.25, 0.3) is 0 Å². The lowest BCUT2D eigenvalue weighted by Gasteiger charge is -2.25. The number of benzene rings is 2. The van der Waals surface area contributed by atoms with Gasteiger partial charge < -0.3 is 19.5 Å². The Hall–Kier alpha value is -3.02. The number of esters is 1. The van der Waals surface area contributed by atoms with E-state index in [1.807, 2.05) is 62.4 Å². The van der Waals surface area contributed by atoms with Crippen LogP contribution in [0.5, 0.6) is 11.5 Å². The molecule has 0 fully saturated rings. The van der Waals surface area contributed by atoms with Gasteiger partial charge in [0.1, 0.15) is 13.2 Å². The number of fused-ring (bicyclic) bond motifs is 1. The summed E-state index contributed by atoms with van der Waals surface area (Å²) in [6.45, 7) is 4.79. The first-order valence-corrected chi connectivity index (χ1v) is 9.91. The number of hydrogen-bond acceptors (Lipinski definition) is 5. The van der Waals surface area contributed by atoms with E-state index < -0.39 is 0 Å². The fourth-order valence-corrected chi connectivity index (χ4v) is 3.21. The van der Waals surface area contributed by atoms with Crippen LogP contribution >= 0.6 is 0 Å². The standard InChI is InChI=1S/C23H27NO5/c1-16(2)23(18-9-10-19-20(14-18)28-13-12-27-19)24-21(25)15-29-22(26)11-8-17-6-4-3-5-7-17/h3-7,9-10,14,16,23H,8,11-13,15H2,1-2H3,(H,24,25)/t23-/m1/s1. The quantitative estimate of drug-likeness (QED) is 0.691. The Bertz CT molecular complexity index is 834. The third-order valence-electron chi connectivity index (χ3n) is 4.73. The Kier molecular flexibility index (Phi) is 7.11. The molecule has 1 N–H and O–H groups in total. The molecule has 0 saturated carbocycles. The molecule has 0 bridgehead atoms. The van der Waals surface area contributed by atoms with Crippen molar-refractivity contribution in [3.05, 3.63) is 59.7 Å². The Morgan fingerprint density at radius 3 is 2.48 bits per heavy atom. The van der Waals surface area contributed by atoms with Gasteiger partial charge in [-0.1, -0.05) is 50.2 Å². The van der Waals surface area contributed by atoms with Gasteiger partial charge in [-0.15, -0.1) is 0 Å². The van der Waals surface area contributed by atoms with E-state index >= 15 is 0 Å². The monoisotopic (exact) mass is 397 g/mol. The van der Waals surface area contributed by atoms with Crippen molar-refractivity contribution in [3.8, 4) is 11.5 Å². The van der Waals surface area contributed by atoms with E-state index in [0.29, 0.717) is 31.1 Å². The van der Waals surface area contributed by atoms with Crippen molar-refractivity contribution < 1.29 is 23.8 Å². The Morgan fingerprint density at radius 1 is 1.03 bits per heavy atom. The summed E-state index contributed by atoms with van der Waals surface area (Å²) < 4.78 is 16.3. The van der Waals surface area contributed by atoms with E-state index in [2.05, 4.69) is 5.32 Å². The van der Waals surface area contributed by atoms with Crippen molar-refractivity contribution in [2.45, 2.75) is 32.7 Å². The normalized spacial score (nSPS) is 13.6. The van der Waals surface area contributed by atoms with Gasteiger partial charge in [-0.2, -0.15) is 0 Å². The summed E-state index contributed by atoms with van der Waals surface area (Å²) >= 11 is 0. The molecule has 1 heterocycles. The largest absolute Gasteiger partial charge is 0.486 e. The Labute approximate surface area is 171 Å². The number of carbonyl (C=O) groups excluding carboxylic acids is 2. The van der Waals surface area contributed by atoms with Gasteiger partial charge in [-0.25, -0.2) is 0 Å². The van der Waals surface area contributed by atoms with Gasteiger partial charge in [0.15, 0.2) is 18.1 Å².